The van der Waals surface area contributed by atoms with Gasteiger partial charge < -0.3 is 14.8 Å². The Kier molecular flexibility index (Phi) is 3.38. The molecule has 3 rings (SSSR count). The smallest absolute Gasteiger partial charge is 0.169 e. The fraction of sp³-hybridized carbons (Fsp3) is 0.188. The van der Waals surface area contributed by atoms with Crippen LogP contribution < -0.4 is 4.74 Å². The minimum atomic E-state index is -0.812. The molecule has 0 saturated heterocycles. The zero-order valence-electron chi connectivity index (χ0n) is 11.8. The molecule has 1 aliphatic heterocycles. The fourth-order valence-corrected chi connectivity index (χ4v) is 2.13. The Morgan fingerprint density at radius 3 is 2.81 bits per heavy atom. The summed E-state index contributed by atoms with van der Waals surface area (Å²) in [6.07, 6.45) is 0.715. The first kappa shape index (κ1) is 13.3. The summed E-state index contributed by atoms with van der Waals surface area (Å²) in [5.41, 5.74) is 2.53. The van der Waals surface area contributed by atoms with Crippen LogP contribution in [0.4, 0.5) is 5.82 Å². The number of fused-ring (bicyclic) bond motifs is 1. The molecule has 1 aromatic heterocycles. The Bertz CT molecular complexity index is 735. The molecule has 2 heterocycles. The minimum absolute atomic E-state index is 0.683. The summed E-state index contributed by atoms with van der Waals surface area (Å²) in [7, 11) is 1.62. The number of aromatic nitrogens is 1. The molecule has 0 aliphatic carbocycles. The van der Waals surface area contributed by atoms with Gasteiger partial charge in [-0.05, 0) is 43.2 Å². The Hall–Kier alpha value is -2.71. The van der Waals surface area contributed by atoms with Gasteiger partial charge in [0.25, 0.3) is 0 Å². The van der Waals surface area contributed by atoms with Crippen LogP contribution in [0.5, 0.6) is 5.75 Å². The molecule has 0 amide bonds. The molecule has 2 N–H and O–H groups in total. The van der Waals surface area contributed by atoms with E-state index < -0.39 is 6.23 Å². The standard InChI is InChI=1S/C16H15N3O2/c1-11-9-14-15(18-11)17-10-19(16(14)20)8-7-12-3-5-13(21-2)6-4-12/h3-6,9-10,16,18,20H,1-2H3. The quantitative estimate of drug-likeness (QED) is 0.789. The number of rotatable bonds is 1. The van der Waals surface area contributed by atoms with Crippen molar-refractivity contribution < 1.29 is 9.84 Å². The molecule has 1 aromatic carbocycles. The largest absolute Gasteiger partial charge is 0.497 e. The summed E-state index contributed by atoms with van der Waals surface area (Å²) in [4.78, 5) is 8.82. The number of hydrogen-bond donors (Lipinski definition) is 2. The van der Waals surface area contributed by atoms with Crippen LogP contribution in [0.1, 0.15) is 23.0 Å². The number of aliphatic imine (C=N–C) groups is 1. The summed E-state index contributed by atoms with van der Waals surface area (Å²) in [5.74, 6) is 4.46. The number of methoxy groups -OCH3 is 1. The maximum absolute atomic E-state index is 10.3. The van der Waals surface area contributed by atoms with Crippen LogP contribution in [0.2, 0.25) is 0 Å². The van der Waals surface area contributed by atoms with Crippen LogP contribution >= 0.6 is 0 Å². The Morgan fingerprint density at radius 1 is 1.33 bits per heavy atom. The van der Waals surface area contributed by atoms with Crippen LogP contribution in [0.25, 0.3) is 0 Å². The van der Waals surface area contributed by atoms with Crippen LogP contribution in [0, 0.1) is 18.9 Å². The highest BCUT2D eigenvalue weighted by molar-refractivity contribution is 5.68. The SMILES string of the molecule is COc1ccc(C#CN2C=Nc3[nH]c(C)cc3C2O)cc1. The number of nitrogens with zero attached hydrogens (tertiary/aromatic N) is 2. The zero-order chi connectivity index (χ0) is 14.8. The molecule has 0 fully saturated rings. The summed E-state index contributed by atoms with van der Waals surface area (Å²) in [6.45, 7) is 1.92. The van der Waals surface area contributed by atoms with Gasteiger partial charge in [-0.2, -0.15) is 0 Å². The van der Waals surface area contributed by atoms with Crippen LogP contribution in [0.15, 0.2) is 35.3 Å². The fourth-order valence-electron chi connectivity index (χ4n) is 2.13. The molecule has 1 aliphatic rings. The lowest BCUT2D eigenvalue weighted by Crippen LogP contribution is -2.24. The average Bonchev–Trinajstić information content (AvgIpc) is 2.89. The van der Waals surface area contributed by atoms with Gasteiger partial charge in [0.15, 0.2) is 6.23 Å². The molecule has 0 bridgehead atoms. The van der Waals surface area contributed by atoms with Gasteiger partial charge in [-0.25, -0.2) is 4.99 Å². The number of H-pyrrole nitrogens is 1. The van der Waals surface area contributed by atoms with Crippen LogP contribution in [-0.4, -0.2) is 28.4 Å². The van der Waals surface area contributed by atoms with Gasteiger partial charge in [0, 0.05) is 22.9 Å². The van der Waals surface area contributed by atoms with E-state index in [-0.39, 0.29) is 0 Å². The van der Waals surface area contributed by atoms with Gasteiger partial charge in [0.1, 0.15) is 17.9 Å². The number of ether oxygens (including phenoxy) is 1. The van der Waals surface area contributed by atoms with Gasteiger partial charge in [-0.1, -0.05) is 0 Å². The average molecular weight is 281 g/mol. The van der Waals surface area contributed by atoms with Crippen molar-refractivity contribution in [1.29, 1.82) is 0 Å². The molecular formula is C16H15N3O2. The van der Waals surface area contributed by atoms with Crippen molar-refractivity contribution in [2.45, 2.75) is 13.2 Å². The predicted octanol–water partition coefficient (Wildman–Crippen LogP) is 2.31. The molecule has 5 nitrogen and oxygen atoms in total. The second-order valence-electron chi connectivity index (χ2n) is 4.75. The lowest BCUT2D eigenvalue weighted by atomic mass is 10.2. The molecule has 1 atom stereocenters. The Morgan fingerprint density at radius 2 is 2.10 bits per heavy atom. The third-order valence-corrected chi connectivity index (χ3v) is 3.23. The van der Waals surface area contributed by atoms with Crippen molar-refractivity contribution >= 4 is 12.2 Å². The van der Waals surface area contributed by atoms with Crippen molar-refractivity contribution in [2.75, 3.05) is 7.11 Å². The first-order valence-corrected chi connectivity index (χ1v) is 6.53. The molecule has 0 saturated carbocycles. The van der Waals surface area contributed by atoms with E-state index in [0.717, 1.165) is 22.6 Å². The Balaban J connectivity index is 1.81. The molecule has 0 radical (unpaired) electrons. The molecule has 0 spiro atoms. The lowest BCUT2D eigenvalue weighted by Gasteiger charge is -2.22. The molecule has 2 aromatic rings. The van der Waals surface area contributed by atoms with Gasteiger partial charge >= 0.3 is 0 Å². The maximum Gasteiger partial charge on any atom is 0.169 e. The summed E-state index contributed by atoms with van der Waals surface area (Å²) < 4.78 is 5.10. The molecule has 21 heavy (non-hydrogen) atoms. The first-order chi connectivity index (χ1) is 10.2. The predicted molar refractivity (Wildman–Crippen MR) is 80.4 cm³/mol. The highest BCUT2D eigenvalue weighted by Crippen LogP contribution is 2.30. The van der Waals surface area contributed by atoms with Crippen molar-refractivity contribution in [3.05, 3.63) is 47.2 Å². The first-order valence-electron chi connectivity index (χ1n) is 6.53. The summed E-state index contributed by atoms with van der Waals surface area (Å²) in [5, 5.41) is 10.3. The number of hydrogen-bond acceptors (Lipinski definition) is 4. The monoisotopic (exact) mass is 281 g/mol. The number of aromatic amines is 1. The topological polar surface area (TPSA) is 60.8 Å². The van der Waals surface area contributed by atoms with Gasteiger partial charge in [-0.15, -0.1) is 0 Å². The van der Waals surface area contributed by atoms with Crippen LogP contribution in [-0.2, 0) is 0 Å². The van der Waals surface area contributed by atoms with E-state index in [0.29, 0.717) is 5.82 Å². The van der Waals surface area contributed by atoms with Gasteiger partial charge in [0.05, 0.1) is 7.11 Å². The third-order valence-electron chi connectivity index (χ3n) is 3.23. The molecular weight excluding hydrogens is 266 g/mol. The number of benzene rings is 1. The summed E-state index contributed by atoms with van der Waals surface area (Å²) >= 11 is 0. The van der Waals surface area contributed by atoms with E-state index in [1.807, 2.05) is 37.3 Å². The van der Waals surface area contributed by atoms with E-state index in [2.05, 4.69) is 21.9 Å². The van der Waals surface area contributed by atoms with E-state index in [1.54, 1.807) is 7.11 Å². The molecule has 1 unspecified atom stereocenters. The molecule has 5 heteroatoms. The lowest BCUT2D eigenvalue weighted by molar-refractivity contribution is 0.0900. The highest BCUT2D eigenvalue weighted by Gasteiger charge is 2.22. The number of nitrogens with one attached hydrogen (secondary N) is 1. The van der Waals surface area contributed by atoms with E-state index >= 15 is 0 Å². The molecule has 106 valence electrons. The number of aryl methyl sites for hydroxylation is 1. The van der Waals surface area contributed by atoms with E-state index in [9.17, 15) is 5.11 Å². The second kappa shape index (κ2) is 5.35. The van der Waals surface area contributed by atoms with Gasteiger partial charge in [0.2, 0.25) is 0 Å². The summed E-state index contributed by atoms with van der Waals surface area (Å²) in [6, 6.07) is 12.2. The second-order valence-corrected chi connectivity index (χ2v) is 4.75. The normalized spacial score (nSPS) is 16.1. The number of aliphatic hydroxyl groups excluding tert-OH is 1. The van der Waals surface area contributed by atoms with Crippen LogP contribution in [0.3, 0.4) is 0 Å². The highest BCUT2D eigenvalue weighted by atomic mass is 16.5. The van der Waals surface area contributed by atoms with E-state index in [1.165, 1.54) is 11.2 Å². The van der Waals surface area contributed by atoms with Crippen molar-refractivity contribution in [1.82, 2.24) is 9.88 Å². The number of aliphatic hydroxyl groups is 1. The van der Waals surface area contributed by atoms with Crippen molar-refractivity contribution in [2.24, 2.45) is 4.99 Å². The maximum atomic E-state index is 10.3. The minimum Gasteiger partial charge on any atom is -0.497 e. The van der Waals surface area contributed by atoms with Gasteiger partial charge in [-0.3, -0.25) is 4.90 Å². The third kappa shape index (κ3) is 2.62. The van der Waals surface area contributed by atoms with E-state index in [4.69, 9.17) is 4.74 Å². The Labute approximate surface area is 122 Å². The van der Waals surface area contributed by atoms with Crippen molar-refractivity contribution in [3.8, 4) is 17.7 Å². The van der Waals surface area contributed by atoms with Crippen molar-refractivity contribution in [3.63, 3.8) is 0 Å². The zero-order valence-corrected chi connectivity index (χ0v) is 11.8.